The van der Waals surface area contributed by atoms with Gasteiger partial charge in [-0.1, -0.05) is 30.3 Å². The van der Waals surface area contributed by atoms with Gasteiger partial charge in [0, 0.05) is 19.0 Å². The average molecular weight is 246 g/mol. The van der Waals surface area contributed by atoms with Crippen LogP contribution in [-0.4, -0.2) is 18.4 Å². The lowest BCUT2D eigenvalue weighted by molar-refractivity contribution is -0.114. The molecular formula is C13H14N2O3. The van der Waals surface area contributed by atoms with Gasteiger partial charge in [0.15, 0.2) is 5.78 Å². The largest absolute Gasteiger partial charge is 0.444 e. The summed E-state index contributed by atoms with van der Waals surface area (Å²) in [5.74, 6) is 0.386. The van der Waals surface area contributed by atoms with Crippen LogP contribution in [0.5, 0.6) is 0 Å². The summed E-state index contributed by atoms with van der Waals surface area (Å²) in [7, 11) is 0. The summed E-state index contributed by atoms with van der Waals surface area (Å²) in [5, 5.41) is 5.39. The van der Waals surface area contributed by atoms with Gasteiger partial charge in [0.2, 0.25) is 0 Å². The first-order chi connectivity index (χ1) is 8.74. The summed E-state index contributed by atoms with van der Waals surface area (Å²) in [4.78, 5) is 22.6. The summed E-state index contributed by atoms with van der Waals surface area (Å²) >= 11 is 0. The number of hydrogen-bond acceptors (Lipinski definition) is 4. The highest BCUT2D eigenvalue weighted by Gasteiger charge is 2.12. The van der Waals surface area contributed by atoms with Crippen LogP contribution >= 0.6 is 0 Å². The molecule has 1 aromatic rings. The Morgan fingerprint density at radius 1 is 1.33 bits per heavy atom. The van der Waals surface area contributed by atoms with Gasteiger partial charge in [-0.2, -0.15) is 0 Å². The van der Waals surface area contributed by atoms with Crippen molar-refractivity contribution in [2.45, 2.75) is 13.0 Å². The summed E-state index contributed by atoms with van der Waals surface area (Å²) < 4.78 is 5.02. The normalized spacial score (nSPS) is 14.4. The molecule has 18 heavy (non-hydrogen) atoms. The quantitative estimate of drug-likeness (QED) is 0.844. The predicted octanol–water partition coefficient (Wildman–Crippen LogP) is 1.32. The van der Waals surface area contributed by atoms with E-state index in [2.05, 4.69) is 10.6 Å². The molecule has 0 aromatic heterocycles. The van der Waals surface area contributed by atoms with Crippen molar-refractivity contribution in [3.05, 3.63) is 47.8 Å². The van der Waals surface area contributed by atoms with Crippen molar-refractivity contribution in [3.63, 3.8) is 0 Å². The highest BCUT2D eigenvalue weighted by molar-refractivity contribution is 5.91. The van der Waals surface area contributed by atoms with E-state index in [4.69, 9.17) is 4.74 Å². The number of nitrogens with one attached hydrogen (secondary N) is 2. The fourth-order valence-electron chi connectivity index (χ4n) is 1.55. The molecule has 5 heteroatoms. The van der Waals surface area contributed by atoms with Crippen LogP contribution in [0.3, 0.4) is 0 Å². The van der Waals surface area contributed by atoms with Crippen LogP contribution in [0.25, 0.3) is 0 Å². The predicted molar refractivity (Wildman–Crippen MR) is 65.5 cm³/mol. The van der Waals surface area contributed by atoms with E-state index >= 15 is 0 Å². The molecule has 0 radical (unpaired) electrons. The minimum Gasteiger partial charge on any atom is -0.444 e. The number of carbonyl (C=O) groups is 2. The molecule has 0 spiro atoms. The SMILES string of the molecule is O=C1C=C(NC(=O)OCc2ccccc2)NCC1. The molecule has 0 fully saturated rings. The monoisotopic (exact) mass is 246 g/mol. The molecule has 0 aliphatic carbocycles. The number of benzene rings is 1. The van der Waals surface area contributed by atoms with Crippen molar-refractivity contribution in [1.82, 2.24) is 10.6 Å². The maximum atomic E-state index is 11.5. The highest BCUT2D eigenvalue weighted by Crippen LogP contribution is 2.02. The number of ether oxygens (including phenoxy) is 1. The minimum absolute atomic E-state index is 0.00731. The van der Waals surface area contributed by atoms with Crippen LogP contribution in [-0.2, 0) is 16.1 Å². The molecule has 1 aliphatic heterocycles. The van der Waals surface area contributed by atoms with E-state index in [0.29, 0.717) is 18.8 Å². The van der Waals surface area contributed by atoms with Crippen LogP contribution in [0.1, 0.15) is 12.0 Å². The van der Waals surface area contributed by atoms with E-state index in [0.717, 1.165) is 5.56 Å². The zero-order valence-corrected chi connectivity index (χ0v) is 9.81. The third-order valence-corrected chi connectivity index (χ3v) is 2.44. The summed E-state index contributed by atoms with van der Waals surface area (Å²) in [6.07, 6.45) is 1.24. The van der Waals surface area contributed by atoms with E-state index in [9.17, 15) is 9.59 Å². The molecule has 0 unspecified atom stereocenters. The second kappa shape index (κ2) is 5.86. The number of amides is 1. The number of allylic oxidation sites excluding steroid dienone is 1. The Bertz CT molecular complexity index is 468. The third-order valence-electron chi connectivity index (χ3n) is 2.44. The first-order valence-corrected chi connectivity index (χ1v) is 5.70. The van der Waals surface area contributed by atoms with Gasteiger partial charge in [-0.25, -0.2) is 4.79 Å². The molecule has 2 N–H and O–H groups in total. The number of hydrogen-bond donors (Lipinski definition) is 2. The molecule has 2 rings (SSSR count). The molecule has 94 valence electrons. The second-order valence-electron chi connectivity index (χ2n) is 3.89. The molecule has 0 saturated carbocycles. The van der Waals surface area contributed by atoms with Crippen molar-refractivity contribution in [2.75, 3.05) is 6.54 Å². The van der Waals surface area contributed by atoms with E-state index in [1.807, 2.05) is 30.3 Å². The molecule has 1 heterocycles. The molecule has 0 saturated heterocycles. The smallest absolute Gasteiger partial charge is 0.413 e. The summed E-state index contributed by atoms with van der Waals surface area (Å²) in [6, 6.07) is 9.39. The van der Waals surface area contributed by atoms with E-state index in [1.165, 1.54) is 6.08 Å². The number of alkyl carbamates (subject to hydrolysis) is 1. The lowest BCUT2D eigenvalue weighted by Crippen LogP contribution is -2.36. The van der Waals surface area contributed by atoms with Gasteiger partial charge in [0.1, 0.15) is 12.4 Å². The summed E-state index contributed by atoms with van der Waals surface area (Å²) in [6.45, 7) is 0.734. The van der Waals surface area contributed by atoms with Crippen molar-refractivity contribution >= 4 is 11.9 Å². The molecule has 5 nitrogen and oxygen atoms in total. The number of ketones is 1. The van der Waals surface area contributed by atoms with Crippen LogP contribution < -0.4 is 10.6 Å². The Kier molecular flexibility index (Phi) is 3.96. The van der Waals surface area contributed by atoms with Gasteiger partial charge in [-0.3, -0.25) is 10.1 Å². The van der Waals surface area contributed by atoms with E-state index < -0.39 is 6.09 Å². The second-order valence-corrected chi connectivity index (χ2v) is 3.89. The molecule has 0 atom stereocenters. The maximum absolute atomic E-state index is 11.5. The lowest BCUT2D eigenvalue weighted by Gasteiger charge is -2.15. The Hall–Kier alpha value is -2.30. The summed E-state index contributed by atoms with van der Waals surface area (Å²) in [5.41, 5.74) is 0.911. The molecule has 1 aliphatic rings. The Balaban J connectivity index is 1.80. The first-order valence-electron chi connectivity index (χ1n) is 5.70. The van der Waals surface area contributed by atoms with Gasteiger partial charge < -0.3 is 10.1 Å². The Labute approximate surface area is 105 Å². The van der Waals surface area contributed by atoms with Crippen molar-refractivity contribution < 1.29 is 14.3 Å². The first kappa shape index (κ1) is 12.2. The topological polar surface area (TPSA) is 67.4 Å². The Morgan fingerprint density at radius 2 is 2.11 bits per heavy atom. The fraction of sp³-hybridized carbons (Fsp3) is 0.231. The molecule has 1 aromatic carbocycles. The Morgan fingerprint density at radius 3 is 2.83 bits per heavy atom. The maximum Gasteiger partial charge on any atom is 0.413 e. The zero-order valence-electron chi connectivity index (χ0n) is 9.81. The molecular weight excluding hydrogens is 232 g/mol. The minimum atomic E-state index is -0.577. The van der Waals surface area contributed by atoms with Crippen LogP contribution in [0.4, 0.5) is 4.79 Å². The van der Waals surface area contributed by atoms with Crippen LogP contribution in [0.2, 0.25) is 0 Å². The standard InChI is InChI=1S/C13H14N2O3/c16-11-6-7-14-12(8-11)15-13(17)18-9-10-4-2-1-3-5-10/h1-5,8,14H,6-7,9H2,(H,15,17). The van der Waals surface area contributed by atoms with Crippen molar-refractivity contribution in [3.8, 4) is 0 Å². The van der Waals surface area contributed by atoms with Gasteiger partial charge >= 0.3 is 6.09 Å². The van der Waals surface area contributed by atoms with Crippen LogP contribution in [0, 0.1) is 0 Å². The molecule has 0 bridgehead atoms. The van der Waals surface area contributed by atoms with Gasteiger partial charge in [0.25, 0.3) is 0 Å². The fourth-order valence-corrected chi connectivity index (χ4v) is 1.55. The van der Waals surface area contributed by atoms with E-state index in [-0.39, 0.29) is 12.4 Å². The van der Waals surface area contributed by atoms with Gasteiger partial charge in [-0.15, -0.1) is 0 Å². The van der Waals surface area contributed by atoms with Crippen molar-refractivity contribution in [1.29, 1.82) is 0 Å². The van der Waals surface area contributed by atoms with Gasteiger partial charge in [-0.05, 0) is 5.56 Å². The number of carbonyl (C=O) groups excluding carboxylic acids is 2. The highest BCUT2D eigenvalue weighted by atomic mass is 16.5. The molecule has 1 amide bonds. The van der Waals surface area contributed by atoms with Crippen molar-refractivity contribution in [2.24, 2.45) is 0 Å². The average Bonchev–Trinajstić information content (AvgIpc) is 2.38. The van der Waals surface area contributed by atoms with Crippen LogP contribution in [0.15, 0.2) is 42.2 Å². The van der Waals surface area contributed by atoms with E-state index in [1.54, 1.807) is 0 Å². The van der Waals surface area contributed by atoms with Gasteiger partial charge in [0.05, 0.1) is 0 Å². The zero-order chi connectivity index (χ0) is 12.8. The third kappa shape index (κ3) is 3.62. The lowest BCUT2D eigenvalue weighted by atomic mass is 10.2. The number of rotatable bonds is 3.